The minimum Gasteiger partial charge on any atom is -0.354 e. The summed E-state index contributed by atoms with van der Waals surface area (Å²) in [5.41, 5.74) is 2.42. The van der Waals surface area contributed by atoms with Crippen molar-refractivity contribution in [2.75, 3.05) is 31.1 Å². The minimum absolute atomic E-state index is 0.0224. The van der Waals surface area contributed by atoms with Gasteiger partial charge in [0.2, 0.25) is 11.8 Å². The molecule has 0 unspecified atom stereocenters. The van der Waals surface area contributed by atoms with Crippen LogP contribution >= 0.6 is 11.8 Å². The van der Waals surface area contributed by atoms with Gasteiger partial charge >= 0.3 is 0 Å². The van der Waals surface area contributed by atoms with Crippen LogP contribution in [0.15, 0.2) is 17.0 Å². The largest absolute Gasteiger partial charge is 0.354 e. The normalized spacial score (nSPS) is 21.3. The number of aryl methyl sites for hydroxylation is 1. The molecule has 2 N–H and O–H groups in total. The first-order chi connectivity index (χ1) is 16.3. The molecule has 0 aromatic heterocycles. The molecule has 0 radical (unpaired) electrons. The summed E-state index contributed by atoms with van der Waals surface area (Å²) >= 11 is 1.67. The molecule has 8 heteroatoms. The van der Waals surface area contributed by atoms with E-state index < -0.39 is 4.75 Å². The molecule has 1 atom stereocenters. The summed E-state index contributed by atoms with van der Waals surface area (Å²) in [6, 6.07) is 4.28. The first-order valence-electron chi connectivity index (χ1n) is 12.7. The third-order valence-corrected chi connectivity index (χ3v) is 8.88. The van der Waals surface area contributed by atoms with Crippen LogP contribution in [-0.4, -0.2) is 65.6 Å². The van der Waals surface area contributed by atoms with Crippen molar-refractivity contribution >= 4 is 35.2 Å². The second-order valence-corrected chi connectivity index (χ2v) is 11.5. The fourth-order valence-electron chi connectivity index (χ4n) is 5.30. The van der Waals surface area contributed by atoms with Gasteiger partial charge in [0, 0.05) is 48.6 Å². The topological polar surface area (TPSA) is 81.8 Å². The zero-order chi connectivity index (χ0) is 24.5. The number of carbonyl (C=O) groups is 3. The number of anilines is 1. The molecule has 1 aromatic carbocycles. The minimum atomic E-state index is -0.391. The first kappa shape index (κ1) is 25.0. The molecule has 1 spiro atoms. The summed E-state index contributed by atoms with van der Waals surface area (Å²) in [6.45, 7) is 10.6. The molecule has 2 fully saturated rings. The summed E-state index contributed by atoms with van der Waals surface area (Å²) in [5, 5.41) is 6.33. The third-order valence-electron chi connectivity index (χ3n) is 7.36. The molecule has 0 bridgehead atoms. The predicted octanol–water partition coefficient (Wildman–Crippen LogP) is 3.49. The van der Waals surface area contributed by atoms with Gasteiger partial charge in [-0.2, -0.15) is 0 Å². The van der Waals surface area contributed by atoms with Crippen molar-refractivity contribution in [3.63, 3.8) is 0 Å². The van der Waals surface area contributed by atoms with Gasteiger partial charge < -0.3 is 20.4 Å². The molecule has 1 saturated carbocycles. The van der Waals surface area contributed by atoms with Gasteiger partial charge in [0.05, 0.1) is 10.4 Å². The number of piperidine rings is 1. The SMILES string of the molecule is CCC(=O)NCCN1C(=O)C2(CCC2)Sc2cc(C)c(C(=O)N(C(C)C)[C@@H]3CCCNC3)cc21. The standard InChI is InChI=1S/C26H38N4O3S/c1-5-23(31)28-12-13-29-21-15-20(24(32)30(17(2)3)19-8-6-11-27-16-19)18(4)14-22(21)34-26(25(29)33)9-7-10-26/h14-15,17,19,27H,5-13,16H2,1-4H3,(H,28,31)/t19-/m1/s1. The number of benzene rings is 1. The van der Waals surface area contributed by atoms with Crippen LogP contribution in [0, 0.1) is 6.92 Å². The molecule has 34 heavy (non-hydrogen) atoms. The predicted molar refractivity (Wildman–Crippen MR) is 136 cm³/mol. The average molecular weight is 487 g/mol. The number of hydrogen-bond acceptors (Lipinski definition) is 5. The Labute approximate surface area is 207 Å². The average Bonchev–Trinajstić information content (AvgIpc) is 2.79. The summed E-state index contributed by atoms with van der Waals surface area (Å²) in [6.07, 6.45) is 5.30. The Bertz CT molecular complexity index is 954. The second-order valence-electron chi connectivity index (χ2n) is 10.1. The summed E-state index contributed by atoms with van der Waals surface area (Å²) in [4.78, 5) is 44.1. The van der Waals surface area contributed by atoms with E-state index in [1.807, 2.05) is 29.7 Å². The van der Waals surface area contributed by atoms with E-state index in [-0.39, 0.29) is 29.8 Å². The number of thioether (sulfide) groups is 1. The first-order valence-corrected chi connectivity index (χ1v) is 13.5. The van der Waals surface area contributed by atoms with Crippen molar-refractivity contribution in [3.8, 4) is 0 Å². The van der Waals surface area contributed by atoms with Crippen LogP contribution in [0.25, 0.3) is 0 Å². The van der Waals surface area contributed by atoms with Crippen molar-refractivity contribution in [2.45, 2.75) is 87.9 Å². The van der Waals surface area contributed by atoms with Crippen LogP contribution in [0.3, 0.4) is 0 Å². The number of carbonyl (C=O) groups excluding carboxylic acids is 3. The molecule has 7 nitrogen and oxygen atoms in total. The van der Waals surface area contributed by atoms with Gasteiger partial charge in [0.15, 0.2) is 0 Å². The molecule has 3 amide bonds. The molecule has 4 rings (SSSR count). The Morgan fingerprint density at radius 1 is 1.29 bits per heavy atom. The summed E-state index contributed by atoms with van der Waals surface area (Å²) < 4.78 is -0.391. The molecule has 2 heterocycles. The van der Waals surface area contributed by atoms with Crippen LogP contribution in [0.1, 0.15) is 75.2 Å². The highest BCUT2D eigenvalue weighted by Gasteiger charge is 2.51. The molecule has 3 aliphatic rings. The van der Waals surface area contributed by atoms with E-state index in [0.29, 0.717) is 25.1 Å². The number of rotatable bonds is 7. The highest BCUT2D eigenvalue weighted by Crippen LogP contribution is 2.55. The second kappa shape index (κ2) is 10.3. The van der Waals surface area contributed by atoms with E-state index in [1.54, 1.807) is 11.8 Å². The van der Waals surface area contributed by atoms with Crippen LogP contribution in [0.5, 0.6) is 0 Å². The van der Waals surface area contributed by atoms with Crippen molar-refractivity contribution in [1.82, 2.24) is 15.5 Å². The number of nitrogens with zero attached hydrogens (tertiary/aromatic N) is 2. The Balaban J connectivity index is 1.67. The number of hydrogen-bond donors (Lipinski definition) is 2. The highest BCUT2D eigenvalue weighted by molar-refractivity contribution is 8.01. The lowest BCUT2D eigenvalue weighted by molar-refractivity contribution is -0.123. The maximum atomic E-state index is 13.8. The van der Waals surface area contributed by atoms with Crippen molar-refractivity contribution in [3.05, 3.63) is 23.3 Å². The monoisotopic (exact) mass is 486 g/mol. The van der Waals surface area contributed by atoms with E-state index in [1.165, 1.54) is 0 Å². The lowest BCUT2D eigenvalue weighted by atomic mass is 9.82. The van der Waals surface area contributed by atoms with E-state index >= 15 is 0 Å². The van der Waals surface area contributed by atoms with Gasteiger partial charge in [0.1, 0.15) is 0 Å². The number of fused-ring (bicyclic) bond motifs is 1. The Morgan fingerprint density at radius 3 is 2.65 bits per heavy atom. The molecular weight excluding hydrogens is 448 g/mol. The number of amides is 3. The third kappa shape index (κ3) is 4.71. The molecule has 2 aliphatic heterocycles. The van der Waals surface area contributed by atoms with E-state index in [0.717, 1.165) is 61.3 Å². The molecule has 1 aromatic rings. The van der Waals surface area contributed by atoms with Gasteiger partial charge in [-0.25, -0.2) is 0 Å². The summed E-state index contributed by atoms with van der Waals surface area (Å²) in [7, 11) is 0. The molecule has 1 aliphatic carbocycles. The van der Waals surface area contributed by atoms with E-state index in [9.17, 15) is 14.4 Å². The van der Waals surface area contributed by atoms with Gasteiger partial charge in [-0.15, -0.1) is 11.8 Å². The maximum absolute atomic E-state index is 13.8. The smallest absolute Gasteiger partial charge is 0.254 e. The van der Waals surface area contributed by atoms with E-state index in [4.69, 9.17) is 0 Å². The fraction of sp³-hybridized carbons (Fsp3) is 0.654. The molecular formula is C26H38N4O3S. The van der Waals surface area contributed by atoms with Crippen molar-refractivity contribution in [2.24, 2.45) is 0 Å². The fourth-order valence-corrected chi connectivity index (χ4v) is 6.92. The molecule has 1 saturated heterocycles. The Kier molecular flexibility index (Phi) is 7.57. The van der Waals surface area contributed by atoms with Gasteiger partial charge in [-0.3, -0.25) is 14.4 Å². The van der Waals surface area contributed by atoms with Crippen LogP contribution in [-0.2, 0) is 9.59 Å². The van der Waals surface area contributed by atoms with Crippen LogP contribution in [0.2, 0.25) is 0 Å². The Morgan fingerprint density at radius 2 is 2.06 bits per heavy atom. The van der Waals surface area contributed by atoms with Gasteiger partial charge in [-0.1, -0.05) is 6.92 Å². The van der Waals surface area contributed by atoms with Crippen LogP contribution in [0.4, 0.5) is 5.69 Å². The van der Waals surface area contributed by atoms with Crippen molar-refractivity contribution < 1.29 is 14.4 Å². The zero-order valence-corrected chi connectivity index (χ0v) is 21.7. The van der Waals surface area contributed by atoms with Gasteiger partial charge in [-0.05, 0) is 77.1 Å². The summed E-state index contributed by atoms with van der Waals surface area (Å²) in [5.74, 6) is 0.122. The molecule has 186 valence electrons. The number of nitrogens with one attached hydrogen (secondary N) is 2. The highest BCUT2D eigenvalue weighted by atomic mass is 32.2. The quantitative estimate of drug-likeness (QED) is 0.617. The Hall–Kier alpha value is -2.06. The van der Waals surface area contributed by atoms with Crippen LogP contribution < -0.4 is 15.5 Å². The zero-order valence-electron chi connectivity index (χ0n) is 20.9. The lowest BCUT2D eigenvalue weighted by Crippen LogP contribution is -2.55. The maximum Gasteiger partial charge on any atom is 0.254 e. The van der Waals surface area contributed by atoms with Gasteiger partial charge in [0.25, 0.3) is 5.91 Å². The lowest BCUT2D eigenvalue weighted by Gasteiger charge is -2.47. The van der Waals surface area contributed by atoms with E-state index in [2.05, 4.69) is 30.5 Å². The van der Waals surface area contributed by atoms with Crippen molar-refractivity contribution in [1.29, 1.82) is 0 Å².